The van der Waals surface area contributed by atoms with Crippen LogP contribution in [-0.4, -0.2) is 33.1 Å². The third-order valence-electron chi connectivity index (χ3n) is 2.72. The second kappa shape index (κ2) is 4.39. The summed E-state index contributed by atoms with van der Waals surface area (Å²) >= 11 is 0. The molecule has 1 aromatic heterocycles. The van der Waals surface area contributed by atoms with Gasteiger partial charge in [0.15, 0.2) is 0 Å². The standard InChI is InChI=1S/C12H19N3O2/c1-12(2,3)17-11(16)15-8-4-5-9(15)10-13-6-7-14-10/h6-7,9H,4-5,8H2,1-3H3,(H,13,14). The molecule has 1 aliphatic heterocycles. The largest absolute Gasteiger partial charge is 0.444 e. The van der Waals surface area contributed by atoms with E-state index in [1.165, 1.54) is 0 Å². The van der Waals surface area contributed by atoms with Gasteiger partial charge < -0.3 is 9.72 Å². The van der Waals surface area contributed by atoms with Crippen molar-refractivity contribution in [2.45, 2.75) is 45.3 Å². The first-order chi connectivity index (χ1) is 7.97. The third kappa shape index (κ3) is 2.78. The number of nitrogens with one attached hydrogen (secondary N) is 1. The van der Waals surface area contributed by atoms with E-state index in [-0.39, 0.29) is 12.1 Å². The number of hydrogen-bond acceptors (Lipinski definition) is 3. The van der Waals surface area contributed by atoms with E-state index in [4.69, 9.17) is 4.74 Å². The van der Waals surface area contributed by atoms with Gasteiger partial charge in [-0.2, -0.15) is 0 Å². The summed E-state index contributed by atoms with van der Waals surface area (Å²) in [6.45, 7) is 6.37. The highest BCUT2D eigenvalue weighted by Gasteiger charge is 2.34. The van der Waals surface area contributed by atoms with Crippen LogP contribution >= 0.6 is 0 Å². The van der Waals surface area contributed by atoms with Crippen LogP contribution in [0.4, 0.5) is 4.79 Å². The smallest absolute Gasteiger partial charge is 0.410 e. The zero-order chi connectivity index (χ0) is 12.5. The van der Waals surface area contributed by atoms with Gasteiger partial charge in [-0.15, -0.1) is 0 Å². The van der Waals surface area contributed by atoms with Crippen LogP contribution in [0.5, 0.6) is 0 Å². The SMILES string of the molecule is CC(C)(C)OC(=O)N1CCCC1c1ncc[nH]1. The molecule has 1 fully saturated rings. The van der Waals surface area contributed by atoms with Gasteiger partial charge in [-0.3, -0.25) is 4.90 Å². The molecule has 5 nitrogen and oxygen atoms in total. The maximum Gasteiger partial charge on any atom is 0.410 e. The molecule has 5 heteroatoms. The summed E-state index contributed by atoms with van der Waals surface area (Å²) in [5.74, 6) is 0.841. The molecule has 0 spiro atoms. The molecule has 0 aromatic carbocycles. The van der Waals surface area contributed by atoms with Gasteiger partial charge in [0.2, 0.25) is 0 Å². The molecule has 1 amide bonds. The summed E-state index contributed by atoms with van der Waals surface area (Å²) in [7, 11) is 0. The number of carbonyl (C=O) groups excluding carboxylic acids is 1. The predicted molar refractivity (Wildman–Crippen MR) is 63.5 cm³/mol. The Morgan fingerprint density at radius 1 is 1.59 bits per heavy atom. The van der Waals surface area contributed by atoms with E-state index in [0.717, 1.165) is 25.2 Å². The van der Waals surface area contributed by atoms with Crippen molar-refractivity contribution in [2.24, 2.45) is 0 Å². The van der Waals surface area contributed by atoms with Gasteiger partial charge in [0.1, 0.15) is 11.4 Å². The molecule has 0 radical (unpaired) electrons. The quantitative estimate of drug-likeness (QED) is 0.816. The molecule has 1 aromatic rings. The summed E-state index contributed by atoms with van der Waals surface area (Å²) in [5, 5.41) is 0. The van der Waals surface area contributed by atoms with Crippen molar-refractivity contribution in [2.75, 3.05) is 6.54 Å². The van der Waals surface area contributed by atoms with Crippen molar-refractivity contribution in [3.63, 3.8) is 0 Å². The lowest BCUT2D eigenvalue weighted by Gasteiger charge is -2.27. The Morgan fingerprint density at radius 3 is 2.94 bits per heavy atom. The highest BCUT2D eigenvalue weighted by atomic mass is 16.6. The van der Waals surface area contributed by atoms with Gasteiger partial charge in [0.05, 0.1) is 6.04 Å². The van der Waals surface area contributed by atoms with Crippen LogP contribution < -0.4 is 0 Å². The average Bonchev–Trinajstić information content (AvgIpc) is 2.85. The maximum absolute atomic E-state index is 12.0. The van der Waals surface area contributed by atoms with Gasteiger partial charge in [-0.1, -0.05) is 0 Å². The Labute approximate surface area is 101 Å². The van der Waals surface area contributed by atoms with Crippen LogP contribution in [0.2, 0.25) is 0 Å². The Hall–Kier alpha value is -1.52. The van der Waals surface area contributed by atoms with Gasteiger partial charge in [-0.05, 0) is 33.6 Å². The van der Waals surface area contributed by atoms with Gasteiger partial charge in [-0.25, -0.2) is 9.78 Å². The minimum absolute atomic E-state index is 0.0276. The van der Waals surface area contributed by atoms with Crippen molar-refractivity contribution in [3.8, 4) is 0 Å². The Kier molecular flexibility index (Phi) is 3.09. The predicted octanol–water partition coefficient (Wildman–Crippen LogP) is 2.48. The molecular weight excluding hydrogens is 218 g/mol. The number of carbonyl (C=O) groups is 1. The maximum atomic E-state index is 12.0. The summed E-state index contributed by atoms with van der Waals surface area (Å²) in [6, 6.07) is 0.0276. The molecule has 0 aliphatic carbocycles. The molecule has 2 rings (SSSR count). The van der Waals surface area contributed by atoms with Gasteiger partial charge in [0, 0.05) is 18.9 Å². The van der Waals surface area contributed by atoms with Crippen LogP contribution in [0.3, 0.4) is 0 Å². The molecule has 1 atom stereocenters. The van der Waals surface area contributed by atoms with E-state index >= 15 is 0 Å². The molecular formula is C12H19N3O2. The Balaban J connectivity index is 2.07. The average molecular weight is 237 g/mol. The molecule has 1 unspecified atom stereocenters. The first-order valence-corrected chi connectivity index (χ1v) is 5.96. The van der Waals surface area contributed by atoms with Crippen LogP contribution in [0.25, 0.3) is 0 Å². The van der Waals surface area contributed by atoms with E-state index in [0.29, 0.717) is 0 Å². The fourth-order valence-electron chi connectivity index (χ4n) is 2.05. The number of nitrogens with zero attached hydrogens (tertiary/aromatic N) is 2. The highest BCUT2D eigenvalue weighted by Crippen LogP contribution is 2.30. The third-order valence-corrected chi connectivity index (χ3v) is 2.72. The number of aromatic nitrogens is 2. The molecule has 1 saturated heterocycles. The number of amides is 1. The van der Waals surface area contributed by atoms with Gasteiger partial charge in [0.25, 0.3) is 0 Å². The second-order valence-corrected chi connectivity index (χ2v) is 5.31. The lowest BCUT2D eigenvalue weighted by molar-refractivity contribution is 0.0219. The Morgan fingerprint density at radius 2 is 2.35 bits per heavy atom. The number of H-pyrrole nitrogens is 1. The Bertz CT molecular complexity index is 381. The summed E-state index contributed by atoms with van der Waals surface area (Å²) in [6.07, 6.45) is 5.16. The minimum Gasteiger partial charge on any atom is -0.444 e. The number of aromatic amines is 1. The van der Waals surface area contributed by atoms with Crippen molar-refractivity contribution in [1.82, 2.24) is 14.9 Å². The van der Waals surface area contributed by atoms with Crippen molar-refractivity contribution >= 4 is 6.09 Å². The molecule has 0 saturated carbocycles. The molecule has 0 bridgehead atoms. The zero-order valence-corrected chi connectivity index (χ0v) is 10.6. The monoisotopic (exact) mass is 237 g/mol. The van der Waals surface area contributed by atoms with Crippen LogP contribution in [0.1, 0.15) is 45.5 Å². The topological polar surface area (TPSA) is 58.2 Å². The van der Waals surface area contributed by atoms with E-state index in [9.17, 15) is 4.79 Å². The zero-order valence-electron chi connectivity index (χ0n) is 10.6. The summed E-state index contributed by atoms with van der Waals surface area (Å²) < 4.78 is 5.40. The fraction of sp³-hybridized carbons (Fsp3) is 0.667. The van der Waals surface area contributed by atoms with E-state index in [1.54, 1.807) is 17.3 Å². The highest BCUT2D eigenvalue weighted by molar-refractivity contribution is 5.69. The summed E-state index contributed by atoms with van der Waals surface area (Å²) in [5.41, 5.74) is -0.451. The van der Waals surface area contributed by atoms with Crippen LogP contribution in [0, 0.1) is 0 Å². The van der Waals surface area contributed by atoms with Crippen molar-refractivity contribution < 1.29 is 9.53 Å². The lowest BCUT2D eigenvalue weighted by Crippen LogP contribution is -2.36. The normalized spacial score (nSPS) is 20.6. The van der Waals surface area contributed by atoms with Gasteiger partial charge >= 0.3 is 6.09 Å². The second-order valence-electron chi connectivity index (χ2n) is 5.31. The van der Waals surface area contributed by atoms with E-state index in [2.05, 4.69) is 9.97 Å². The first-order valence-electron chi connectivity index (χ1n) is 5.96. The summed E-state index contributed by atoms with van der Waals surface area (Å²) in [4.78, 5) is 21.1. The van der Waals surface area contributed by atoms with Crippen LogP contribution in [-0.2, 0) is 4.74 Å². The first kappa shape index (κ1) is 12.0. The molecule has 17 heavy (non-hydrogen) atoms. The van der Waals surface area contributed by atoms with Crippen LogP contribution in [0.15, 0.2) is 12.4 Å². The van der Waals surface area contributed by atoms with E-state index in [1.807, 2.05) is 20.8 Å². The molecule has 2 heterocycles. The number of likely N-dealkylation sites (tertiary alicyclic amines) is 1. The number of imidazole rings is 1. The fourth-order valence-corrected chi connectivity index (χ4v) is 2.05. The van der Waals surface area contributed by atoms with Crippen molar-refractivity contribution in [3.05, 3.63) is 18.2 Å². The number of rotatable bonds is 1. The molecule has 1 N–H and O–H groups in total. The lowest BCUT2D eigenvalue weighted by atomic mass is 10.2. The number of ether oxygens (including phenoxy) is 1. The van der Waals surface area contributed by atoms with Crippen molar-refractivity contribution in [1.29, 1.82) is 0 Å². The van der Waals surface area contributed by atoms with E-state index < -0.39 is 5.60 Å². The number of hydrogen-bond donors (Lipinski definition) is 1. The minimum atomic E-state index is -0.451. The molecule has 94 valence electrons. The molecule has 1 aliphatic rings.